The van der Waals surface area contributed by atoms with Crippen LogP contribution in [0.1, 0.15) is 46.6 Å². The zero-order valence-electron chi connectivity index (χ0n) is 11.9. The van der Waals surface area contributed by atoms with Gasteiger partial charge in [0.15, 0.2) is 0 Å². The summed E-state index contributed by atoms with van der Waals surface area (Å²) in [6.07, 6.45) is 4.94. The number of thiophene rings is 1. The number of rotatable bonds is 4. The maximum Gasteiger partial charge on any atom is 0.145 e. The molecule has 1 unspecified atom stereocenters. The van der Waals surface area contributed by atoms with Crippen LogP contribution in [0.3, 0.4) is 0 Å². The van der Waals surface area contributed by atoms with Gasteiger partial charge in [0.25, 0.3) is 0 Å². The van der Waals surface area contributed by atoms with E-state index in [1.807, 2.05) is 0 Å². The van der Waals surface area contributed by atoms with Gasteiger partial charge in [-0.1, -0.05) is 31.2 Å². The van der Waals surface area contributed by atoms with E-state index < -0.39 is 0 Å². The molecule has 0 bridgehead atoms. The number of aryl methyl sites for hydroxylation is 2. The van der Waals surface area contributed by atoms with Crippen LogP contribution in [0.25, 0.3) is 0 Å². The summed E-state index contributed by atoms with van der Waals surface area (Å²) < 4.78 is 0. The first-order chi connectivity index (χ1) is 9.78. The highest BCUT2D eigenvalue weighted by Crippen LogP contribution is 2.33. The summed E-state index contributed by atoms with van der Waals surface area (Å²) in [4.78, 5) is 15.2. The number of Topliss-reactive ketones (excluding diaryl/α,β-unsaturated/α-hetero) is 1. The van der Waals surface area contributed by atoms with E-state index in [9.17, 15) is 4.79 Å². The molecule has 0 saturated carbocycles. The van der Waals surface area contributed by atoms with Crippen molar-refractivity contribution in [3.63, 3.8) is 0 Å². The number of carbonyl (C=O) groups is 1. The van der Waals surface area contributed by atoms with Crippen LogP contribution in [-0.4, -0.2) is 5.78 Å². The van der Waals surface area contributed by atoms with Crippen molar-refractivity contribution in [3.8, 4) is 0 Å². The molecule has 1 aliphatic rings. The van der Waals surface area contributed by atoms with Crippen molar-refractivity contribution >= 4 is 17.1 Å². The lowest BCUT2D eigenvalue weighted by Crippen LogP contribution is -2.19. The molecule has 1 aliphatic carbocycles. The lowest BCUT2D eigenvalue weighted by Gasteiger charge is -2.24. The summed E-state index contributed by atoms with van der Waals surface area (Å²) in [5, 5.41) is 0. The molecule has 3 rings (SSSR count). The molecule has 0 amide bonds. The largest absolute Gasteiger partial charge is 0.299 e. The first kappa shape index (κ1) is 13.6. The number of ketones is 1. The van der Waals surface area contributed by atoms with Gasteiger partial charge in [-0.25, -0.2) is 0 Å². The standard InChI is InChI=1S/C18H20OS/c1-2-14-10-11-15(20-14)12-18(19)17-9-5-7-13-6-3-4-8-16(13)17/h3-4,6,8,10-11,17H,2,5,7,9,12H2,1H3. The Bertz CT molecular complexity index is 611. The van der Waals surface area contributed by atoms with Gasteiger partial charge in [0, 0.05) is 22.1 Å². The van der Waals surface area contributed by atoms with Gasteiger partial charge in [-0.3, -0.25) is 4.79 Å². The number of benzene rings is 1. The second kappa shape index (κ2) is 5.92. The van der Waals surface area contributed by atoms with E-state index in [1.165, 1.54) is 20.9 Å². The van der Waals surface area contributed by atoms with Crippen molar-refractivity contribution < 1.29 is 4.79 Å². The van der Waals surface area contributed by atoms with Gasteiger partial charge in [0.05, 0.1) is 0 Å². The third kappa shape index (κ3) is 2.71. The summed E-state index contributed by atoms with van der Waals surface area (Å²) in [7, 11) is 0. The van der Waals surface area contributed by atoms with Crippen molar-refractivity contribution in [2.45, 2.75) is 44.9 Å². The highest BCUT2D eigenvalue weighted by atomic mass is 32.1. The van der Waals surface area contributed by atoms with Gasteiger partial charge >= 0.3 is 0 Å². The van der Waals surface area contributed by atoms with E-state index in [-0.39, 0.29) is 5.92 Å². The molecule has 20 heavy (non-hydrogen) atoms. The SMILES string of the molecule is CCc1ccc(CC(=O)C2CCCc3ccccc32)s1. The fourth-order valence-electron chi connectivity index (χ4n) is 3.09. The predicted molar refractivity (Wildman–Crippen MR) is 84.5 cm³/mol. The molecule has 2 heteroatoms. The molecule has 2 aromatic rings. The Hall–Kier alpha value is -1.41. The van der Waals surface area contributed by atoms with E-state index in [0.717, 1.165) is 25.7 Å². The van der Waals surface area contributed by atoms with Crippen molar-refractivity contribution in [3.05, 3.63) is 57.3 Å². The quantitative estimate of drug-likeness (QED) is 0.805. The molecule has 0 radical (unpaired) electrons. The van der Waals surface area contributed by atoms with Crippen LogP contribution in [0.15, 0.2) is 36.4 Å². The van der Waals surface area contributed by atoms with Gasteiger partial charge in [-0.2, -0.15) is 0 Å². The summed E-state index contributed by atoms with van der Waals surface area (Å²) in [6.45, 7) is 2.16. The van der Waals surface area contributed by atoms with Crippen LogP contribution < -0.4 is 0 Å². The molecule has 0 spiro atoms. The Morgan fingerprint density at radius 2 is 2.00 bits per heavy atom. The molecule has 1 heterocycles. The zero-order valence-corrected chi connectivity index (χ0v) is 12.7. The minimum atomic E-state index is 0.118. The molecule has 1 aromatic carbocycles. The fourth-order valence-corrected chi connectivity index (χ4v) is 4.06. The van der Waals surface area contributed by atoms with Crippen LogP contribution in [0.5, 0.6) is 0 Å². The maximum absolute atomic E-state index is 12.6. The highest BCUT2D eigenvalue weighted by molar-refractivity contribution is 7.12. The zero-order chi connectivity index (χ0) is 13.9. The van der Waals surface area contributed by atoms with Gasteiger partial charge in [-0.15, -0.1) is 11.3 Å². The molecular weight excluding hydrogens is 264 g/mol. The van der Waals surface area contributed by atoms with Crippen LogP contribution in [0, 0.1) is 0 Å². The Morgan fingerprint density at radius 3 is 2.80 bits per heavy atom. The molecule has 1 aromatic heterocycles. The summed E-state index contributed by atoms with van der Waals surface area (Å²) >= 11 is 1.79. The Balaban J connectivity index is 1.78. The number of hydrogen-bond donors (Lipinski definition) is 0. The van der Waals surface area contributed by atoms with Crippen LogP contribution in [0.2, 0.25) is 0 Å². The Labute approximate surface area is 124 Å². The Kier molecular flexibility index (Phi) is 4.02. The third-order valence-corrected chi connectivity index (χ3v) is 5.40. The summed E-state index contributed by atoms with van der Waals surface area (Å²) in [6, 6.07) is 12.7. The van der Waals surface area contributed by atoms with Crippen LogP contribution >= 0.6 is 11.3 Å². The lowest BCUT2D eigenvalue weighted by molar-refractivity contribution is -0.120. The minimum absolute atomic E-state index is 0.118. The topological polar surface area (TPSA) is 17.1 Å². The highest BCUT2D eigenvalue weighted by Gasteiger charge is 2.26. The second-order valence-electron chi connectivity index (χ2n) is 5.51. The van der Waals surface area contributed by atoms with Crippen molar-refractivity contribution in [2.75, 3.05) is 0 Å². The number of fused-ring (bicyclic) bond motifs is 1. The van der Waals surface area contributed by atoms with Gasteiger partial charge in [-0.05, 0) is 48.9 Å². The predicted octanol–water partition coefficient (Wildman–Crippen LogP) is 4.54. The minimum Gasteiger partial charge on any atom is -0.299 e. The van der Waals surface area contributed by atoms with Gasteiger partial charge < -0.3 is 0 Å². The first-order valence-corrected chi connectivity index (χ1v) is 8.27. The fraction of sp³-hybridized carbons (Fsp3) is 0.389. The van der Waals surface area contributed by atoms with Crippen molar-refractivity contribution in [2.24, 2.45) is 0 Å². The molecular formula is C18H20OS. The maximum atomic E-state index is 12.6. The molecule has 0 saturated heterocycles. The van der Waals surface area contributed by atoms with Crippen LogP contribution in [0.4, 0.5) is 0 Å². The average Bonchev–Trinajstić information content (AvgIpc) is 2.94. The average molecular weight is 284 g/mol. The number of hydrogen-bond acceptors (Lipinski definition) is 2. The second-order valence-corrected chi connectivity index (χ2v) is 6.76. The molecule has 1 nitrogen and oxygen atoms in total. The van der Waals surface area contributed by atoms with E-state index in [1.54, 1.807) is 11.3 Å². The third-order valence-electron chi connectivity index (χ3n) is 4.17. The monoisotopic (exact) mass is 284 g/mol. The first-order valence-electron chi connectivity index (χ1n) is 7.46. The summed E-state index contributed by atoms with van der Waals surface area (Å²) in [5.41, 5.74) is 2.65. The number of carbonyl (C=O) groups excluding carboxylic acids is 1. The van der Waals surface area contributed by atoms with Crippen molar-refractivity contribution in [1.29, 1.82) is 0 Å². The van der Waals surface area contributed by atoms with Gasteiger partial charge in [0.2, 0.25) is 0 Å². The molecule has 1 atom stereocenters. The van der Waals surface area contributed by atoms with E-state index >= 15 is 0 Å². The normalized spacial score (nSPS) is 17.8. The van der Waals surface area contributed by atoms with Gasteiger partial charge in [0.1, 0.15) is 5.78 Å². The molecule has 0 N–H and O–H groups in total. The molecule has 0 fully saturated rings. The molecule has 0 aliphatic heterocycles. The lowest BCUT2D eigenvalue weighted by atomic mass is 9.80. The Morgan fingerprint density at radius 1 is 1.20 bits per heavy atom. The smallest absolute Gasteiger partial charge is 0.145 e. The van der Waals surface area contributed by atoms with Crippen molar-refractivity contribution in [1.82, 2.24) is 0 Å². The summed E-state index contributed by atoms with van der Waals surface area (Å²) in [5.74, 6) is 0.508. The van der Waals surface area contributed by atoms with Crippen LogP contribution in [-0.2, 0) is 24.1 Å². The molecule has 104 valence electrons. The van der Waals surface area contributed by atoms with E-state index in [4.69, 9.17) is 0 Å². The van der Waals surface area contributed by atoms with E-state index in [0.29, 0.717) is 12.2 Å². The van der Waals surface area contributed by atoms with E-state index in [2.05, 4.69) is 43.3 Å².